The topological polar surface area (TPSA) is 38.3 Å². The zero-order chi connectivity index (χ0) is 11.3. The highest BCUT2D eigenvalue weighted by molar-refractivity contribution is 5.77. The van der Waals surface area contributed by atoms with E-state index in [1.807, 2.05) is 6.92 Å². The molecule has 0 heterocycles. The maximum Gasteiger partial charge on any atom is 0.327 e. The highest BCUT2D eigenvalue weighted by Gasteiger charge is 2.19. The number of methoxy groups -OCH3 is 1. The number of benzene rings is 1. The summed E-state index contributed by atoms with van der Waals surface area (Å²) in [5, 5.41) is 2.97. The number of likely N-dealkylation sites (N-methyl/N-ethyl adjacent to an activating group) is 1. The van der Waals surface area contributed by atoms with Gasteiger partial charge in [0.05, 0.1) is 7.11 Å². The number of rotatable bonds is 4. The summed E-state index contributed by atoms with van der Waals surface area (Å²) in [5.41, 5.74) is 0.699. The largest absolute Gasteiger partial charge is 0.468 e. The third-order valence-electron chi connectivity index (χ3n) is 2.05. The predicted molar refractivity (Wildman–Crippen MR) is 54.8 cm³/mol. The maximum atomic E-state index is 12.7. The lowest BCUT2D eigenvalue weighted by molar-refractivity contribution is -0.143. The van der Waals surface area contributed by atoms with Crippen molar-refractivity contribution in [3.05, 3.63) is 35.6 Å². The van der Waals surface area contributed by atoms with Crippen LogP contribution in [0.25, 0.3) is 0 Å². The van der Waals surface area contributed by atoms with Crippen LogP contribution in [0.2, 0.25) is 0 Å². The summed E-state index contributed by atoms with van der Waals surface area (Å²) in [6.07, 6.45) is 0. The number of carbonyl (C=O) groups excluding carboxylic acids is 1. The Morgan fingerprint density at radius 1 is 1.47 bits per heavy atom. The van der Waals surface area contributed by atoms with Crippen LogP contribution < -0.4 is 5.32 Å². The van der Waals surface area contributed by atoms with Crippen molar-refractivity contribution >= 4 is 5.97 Å². The van der Waals surface area contributed by atoms with Crippen LogP contribution in [-0.4, -0.2) is 19.6 Å². The standard InChI is InChI=1S/C11H14FNO2/c1-3-13-10(11(14)15-2)8-4-6-9(12)7-5-8/h4-7,10,13H,3H2,1-2H3. The second kappa shape index (κ2) is 5.46. The molecule has 1 atom stereocenters. The second-order valence-electron chi connectivity index (χ2n) is 3.07. The van der Waals surface area contributed by atoms with E-state index < -0.39 is 6.04 Å². The number of hydrogen-bond acceptors (Lipinski definition) is 3. The summed E-state index contributed by atoms with van der Waals surface area (Å²) in [4.78, 5) is 11.4. The number of halogens is 1. The number of ether oxygens (including phenoxy) is 1. The van der Waals surface area contributed by atoms with Crippen molar-refractivity contribution in [2.45, 2.75) is 13.0 Å². The quantitative estimate of drug-likeness (QED) is 0.769. The lowest BCUT2D eigenvalue weighted by Gasteiger charge is -2.15. The molecule has 3 nitrogen and oxygen atoms in total. The number of esters is 1. The molecule has 4 heteroatoms. The van der Waals surface area contributed by atoms with Gasteiger partial charge in [0, 0.05) is 0 Å². The van der Waals surface area contributed by atoms with Crippen LogP contribution in [-0.2, 0) is 9.53 Å². The molecule has 0 saturated heterocycles. The van der Waals surface area contributed by atoms with E-state index in [0.29, 0.717) is 12.1 Å². The van der Waals surface area contributed by atoms with E-state index in [4.69, 9.17) is 0 Å². The molecule has 1 N–H and O–H groups in total. The molecular weight excluding hydrogens is 197 g/mol. The van der Waals surface area contributed by atoms with Gasteiger partial charge in [-0.15, -0.1) is 0 Å². The van der Waals surface area contributed by atoms with E-state index in [9.17, 15) is 9.18 Å². The molecule has 0 aliphatic heterocycles. The van der Waals surface area contributed by atoms with Crippen molar-refractivity contribution in [2.24, 2.45) is 0 Å². The average Bonchev–Trinajstić information content (AvgIpc) is 2.26. The molecule has 1 aromatic carbocycles. The minimum absolute atomic E-state index is 0.320. The maximum absolute atomic E-state index is 12.7. The predicted octanol–water partition coefficient (Wildman–Crippen LogP) is 1.65. The zero-order valence-corrected chi connectivity index (χ0v) is 8.79. The van der Waals surface area contributed by atoms with E-state index in [0.717, 1.165) is 0 Å². The highest BCUT2D eigenvalue weighted by Crippen LogP contribution is 2.14. The Morgan fingerprint density at radius 2 is 2.07 bits per heavy atom. The summed E-state index contributed by atoms with van der Waals surface area (Å²) in [7, 11) is 1.33. The Hall–Kier alpha value is -1.42. The first-order chi connectivity index (χ1) is 7.19. The number of nitrogens with one attached hydrogen (secondary N) is 1. The second-order valence-corrected chi connectivity index (χ2v) is 3.07. The van der Waals surface area contributed by atoms with Gasteiger partial charge in [-0.3, -0.25) is 0 Å². The molecule has 0 saturated carbocycles. The van der Waals surface area contributed by atoms with Gasteiger partial charge >= 0.3 is 5.97 Å². The van der Waals surface area contributed by atoms with Crippen LogP contribution in [0.15, 0.2) is 24.3 Å². The van der Waals surface area contributed by atoms with Gasteiger partial charge in [0.1, 0.15) is 11.9 Å². The lowest BCUT2D eigenvalue weighted by Crippen LogP contribution is -2.29. The normalized spacial score (nSPS) is 12.2. The molecule has 1 rings (SSSR count). The molecule has 1 aromatic rings. The van der Waals surface area contributed by atoms with Crippen molar-refractivity contribution in [1.29, 1.82) is 0 Å². The molecule has 0 fully saturated rings. The smallest absolute Gasteiger partial charge is 0.327 e. The van der Waals surface area contributed by atoms with E-state index in [2.05, 4.69) is 10.1 Å². The van der Waals surface area contributed by atoms with Gasteiger partial charge in [0.2, 0.25) is 0 Å². The molecule has 0 spiro atoms. The van der Waals surface area contributed by atoms with Crippen molar-refractivity contribution in [2.75, 3.05) is 13.7 Å². The van der Waals surface area contributed by atoms with Gasteiger partial charge in [0.15, 0.2) is 0 Å². The summed E-state index contributed by atoms with van der Waals surface area (Å²) >= 11 is 0. The highest BCUT2D eigenvalue weighted by atomic mass is 19.1. The Labute approximate surface area is 88.2 Å². The molecule has 15 heavy (non-hydrogen) atoms. The first-order valence-corrected chi connectivity index (χ1v) is 4.75. The lowest BCUT2D eigenvalue weighted by atomic mass is 10.1. The first kappa shape index (κ1) is 11.7. The molecule has 0 aliphatic carbocycles. The van der Waals surface area contributed by atoms with Gasteiger partial charge < -0.3 is 10.1 Å². The summed E-state index contributed by atoms with van der Waals surface area (Å²) in [5.74, 6) is -0.692. The Balaban J connectivity index is 2.88. The fraction of sp³-hybridized carbons (Fsp3) is 0.364. The Kier molecular flexibility index (Phi) is 4.24. The Bertz CT molecular complexity index is 324. The van der Waals surface area contributed by atoms with Crippen LogP contribution in [0.4, 0.5) is 4.39 Å². The van der Waals surface area contributed by atoms with Gasteiger partial charge in [0.25, 0.3) is 0 Å². The number of carbonyl (C=O) groups is 1. The third kappa shape index (κ3) is 3.02. The molecule has 82 valence electrons. The first-order valence-electron chi connectivity index (χ1n) is 4.75. The minimum atomic E-state index is -0.527. The molecule has 1 unspecified atom stereocenters. The van der Waals surface area contributed by atoms with E-state index >= 15 is 0 Å². The molecular formula is C11H14FNO2. The molecule has 0 aromatic heterocycles. The monoisotopic (exact) mass is 211 g/mol. The minimum Gasteiger partial charge on any atom is -0.468 e. The summed E-state index contributed by atoms with van der Waals surface area (Å²) < 4.78 is 17.3. The van der Waals surface area contributed by atoms with Crippen molar-refractivity contribution in [3.63, 3.8) is 0 Å². The summed E-state index contributed by atoms with van der Waals surface area (Å²) in [6, 6.07) is 5.25. The van der Waals surface area contributed by atoms with Crippen molar-refractivity contribution in [1.82, 2.24) is 5.32 Å². The van der Waals surface area contributed by atoms with Gasteiger partial charge in [-0.1, -0.05) is 19.1 Å². The fourth-order valence-corrected chi connectivity index (χ4v) is 1.31. The summed E-state index contributed by atoms with van der Waals surface area (Å²) in [6.45, 7) is 2.52. The average molecular weight is 211 g/mol. The molecule has 0 amide bonds. The van der Waals surface area contributed by atoms with Crippen LogP contribution >= 0.6 is 0 Å². The van der Waals surface area contributed by atoms with Gasteiger partial charge in [-0.05, 0) is 24.2 Å². The molecule has 0 radical (unpaired) electrons. The molecule has 0 aliphatic rings. The fourth-order valence-electron chi connectivity index (χ4n) is 1.31. The zero-order valence-electron chi connectivity index (χ0n) is 8.79. The van der Waals surface area contributed by atoms with E-state index in [1.54, 1.807) is 12.1 Å². The van der Waals surface area contributed by atoms with Crippen LogP contribution in [0.5, 0.6) is 0 Å². The molecule has 0 bridgehead atoms. The van der Waals surface area contributed by atoms with Crippen LogP contribution in [0.3, 0.4) is 0 Å². The van der Waals surface area contributed by atoms with E-state index in [-0.39, 0.29) is 11.8 Å². The van der Waals surface area contributed by atoms with E-state index in [1.165, 1.54) is 19.2 Å². The SMILES string of the molecule is CCNC(C(=O)OC)c1ccc(F)cc1. The Morgan fingerprint density at radius 3 is 2.53 bits per heavy atom. The van der Waals surface area contributed by atoms with Crippen LogP contribution in [0, 0.1) is 5.82 Å². The van der Waals surface area contributed by atoms with Gasteiger partial charge in [-0.25, -0.2) is 9.18 Å². The third-order valence-corrected chi connectivity index (χ3v) is 2.05. The van der Waals surface area contributed by atoms with Crippen molar-refractivity contribution in [3.8, 4) is 0 Å². The van der Waals surface area contributed by atoms with Crippen molar-refractivity contribution < 1.29 is 13.9 Å². The van der Waals surface area contributed by atoms with Crippen LogP contribution in [0.1, 0.15) is 18.5 Å². The number of hydrogen-bond donors (Lipinski definition) is 1. The van der Waals surface area contributed by atoms with Gasteiger partial charge in [-0.2, -0.15) is 0 Å².